The zero-order valence-electron chi connectivity index (χ0n) is 10.8. The van der Waals surface area contributed by atoms with Gasteiger partial charge < -0.3 is 10.5 Å². The van der Waals surface area contributed by atoms with Crippen LogP contribution in [0, 0.1) is 19.7 Å². The minimum absolute atomic E-state index is 0.154. The molecule has 2 nitrogen and oxygen atoms in total. The summed E-state index contributed by atoms with van der Waals surface area (Å²) < 4.78 is 18.9. The SMILES string of the molecule is COc1c(-c2ccc(N)c(F)c2)ccc(C)c1C. The molecule has 0 aliphatic rings. The van der Waals surface area contributed by atoms with Crippen molar-refractivity contribution >= 4 is 5.69 Å². The summed E-state index contributed by atoms with van der Waals surface area (Å²) in [5.41, 5.74) is 9.49. The van der Waals surface area contributed by atoms with Crippen LogP contribution in [0.15, 0.2) is 30.3 Å². The Hall–Kier alpha value is -2.03. The highest BCUT2D eigenvalue weighted by atomic mass is 19.1. The minimum Gasteiger partial charge on any atom is -0.496 e. The minimum atomic E-state index is -0.409. The van der Waals surface area contributed by atoms with Crippen LogP contribution in [0.3, 0.4) is 0 Å². The van der Waals surface area contributed by atoms with E-state index in [1.807, 2.05) is 26.0 Å². The van der Waals surface area contributed by atoms with Crippen LogP contribution in [0.5, 0.6) is 5.75 Å². The van der Waals surface area contributed by atoms with Crippen molar-refractivity contribution in [3.05, 3.63) is 47.3 Å². The molecule has 2 aromatic rings. The zero-order chi connectivity index (χ0) is 13.3. The van der Waals surface area contributed by atoms with E-state index in [1.54, 1.807) is 19.2 Å². The normalized spacial score (nSPS) is 10.4. The predicted molar refractivity (Wildman–Crippen MR) is 72.3 cm³/mol. The van der Waals surface area contributed by atoms with E-state index in [-0.39, 0.29) is 5.69 Å². The molecule has 0 atom stereocenters. The quantitative estimate of drug-likeness (QED) is 0.819. The standard InChI is InChI=1S/C15H16FNO/c1-9-4-6-12(15(18-3)10(9)2)11-5-7-14(17)13(16)8-11/h4-8H,17H2,1-3H3. The van der Waals surface area contributed by atoms with E-state index in [0.29, 0.717) is 0 Å². The fourth-order valence-corrected chi connectivity index (χ4v) is 1.98. The summed E-state index contributed by atoms with van der Waals surface area (Å²) in [6.07, 6.45) is 0. The lowest BCUT2D eigenvalue weighted by Gasteiger charge is -2.14. The van der Waals surface area contributed by atoms with E-state index >= 15 is 0 Å². The number of hydrogen-bond donors (Lipinski definition) is 1. The van der Waals surface area contributed by atoms with Gasteiger partial charge in [0.25, 0.3) is 0 Å². The average molecular weight is 245 g/mol. The number of nitrogen functional groups attached to an aromatic ring is 1. The van der Waals surface area contributed by atoms with E-state index in [2.05, 4.69) is 0 Å². The molecule has 18 heavy (non-hydrogen) atoms. The maximum atomic E-state index is 13.5. The highest BCUT2D eigenvalue weighted by Crippen LogP contribution is 2.35. The number of hydrogen-bond acceptors (Lipinski definition) is 2. The van der Waals surface area contributed by atoms with E-state index in [0.717, 1.165) is 28.0 Å². The second-order valence-corrected chi connectivity index (χ2v) is 4.32. The van der Waals surface area contributed by atoms with Gasteiger partial charge in [-0.2, -0.15) is 0 Å². The number of nitrogens with two attached hydrogens (primary N) is 1. The van der Waals surface area contributed by atoms with Gasteiger partial charge in [0.2, 0.25) is 0 Å². The van der Waals surface area contributed by atoms with Crippen molar-refractivity contribution in [2.75, 3.05) is 12.8 Å². The van der Waals surface area contributed by atoms with Crippen molar-refractivity contribution in [2.45, 2.75) is 13.8 Å². The zero-order valence-corrected chi connectivity index (χ0v) is 10.8. The van der Waals surface area contributed by atoms with E-state index in [1.165, 1.54) is 6.07 Å². The molecule has 0 saturated heterocycles. The Labute approximate surface area is 106 Å². The van der Waals surface area contributed by atoms with E-state index in [9.17, 15) is 4.39 Å². The van der Waals surface area contributed by atoms with Crippen LogP contribution in [-0.4, -0.2) is 7.11 Å². The Bertz CT molecular complexity index is 593. The number of ether oxygens (including phenoxy) is 1. The van der Waals surface area contributed by atoms with E-state index in [4.69, 9.17) is 10.5 Å². The number of benzene rings is 2. The first kappa shape index (κ1) is 12.4. The lowest BCUT2D eigenvalue weighted by Crippen LogP contribution is -1.95. The number of halogens is 1. The summed E-state index contributed by atoms with van der Waals surface area (Å²) in [4.78, 5) is 0. The lowest BCUT2D eigenvalue weighted by atomic mass is 9.98. The first-order valence-electron chi connectivity index (χ1n) is 5.74. The van der Waals surface area contributed by atoms with Crippen LogP contribution >= 0.6 is 0 Å². The molecule has 0 bridgehead atoms. The van der Waals surface area contributed by atoms with E-state index < -0.39 is 5.82 Å². The van der Waals surface area contributed by atoms with Crippen molar-refractivity contribution in [1.29, 1.82) is 0 Å². The van der Waals surface area contributed by atoms with Crippen molar-refractivity contribution < 1.29 is 9.13 Å². The van der Waals surface area contributed by atoms with Gasteiger partial charge in [-0.05, 0) is 42.7 Å². The monoisotopic (exact) mass is 245 g/mol. The second-order valence-electron chi connectivity index (χ2n) is 4.32. The lowest BCUT2D eigenvalue weighted by molar-refractivity contribution is 0.413. The Kier molecular flexibility index (Phi) is 3.24. The molecule has 0 amide bonds. The Morgan fingerprint density at radius 3 is 2.44 bits per heavy atom. The molecule has 2 rings (SSSR count). The molecule has 0 heterocycles. The number of methoxy groups -OCH3 is 1. The molecule has 0 aliphatic carbocycles. The van der Waals surface area contributed by atoms with Gasteiger partial charge in [0, 0.05) is 5.56 Å². The highest BCUT2D eigenvalue weighted by molar-refractivity contribution is 5.74. The summed E-state index contributed by atoms with van der Waals surface area (Å²) in [5.74, 6) is 0.368. The molecule has 0 aromatic heterocycles. The Morgan fingerprint density at radius 2 is 1.83 bits per heavy atom. The first-order chi connectivity index (χ1) is 8.54. The average Bonchev–Trinajstić information content (AvgIpc) is 2.36. The Balaban J connectivity index is 2.63. The van der Waals surface area contributed by atoms with Gasteiger partial charge in [-0.3, -0.25) is 0 Å². The van der Waals surface area contributed by atoms with Crippen LogP contribution < -0.4 is 10.5 Å². The summed E-state index contributed by atoms with van der Waals surface area (Å²) in [7, 11) is 1.62. The van der Waals surface area contributed by atoms with Crippen molar-refractivity contribution in [2.24, 2.45) is 0 Å². The van der Waals surface area contributed by atoms with Crippen molar-refractivity contribution in [3.8, 4) is 16.9 Å². The molecule has 0 spiro atoms. The van der Waals surface area contributed by atoms with Gasteiger partial charge >= 0.3 is 0 Å². The van der Waals surface area contributed by atoms with Gasteiger partial charge in [0.05, 0.1) is 12.8 Å². The molecule has 94 valence electrons. The van der Waals surface area contributed by atoms with Gasteiger partial charge in [-0.15, -0.1) is 0 Å². The maximum absolute atomic E-state index is 13.5. The molecule has 0 fully saturated rings. The summed E-state index contributed by atoms with van der Waals surface area (Å²) in [6, 6.07) is 8.74. The molecule has 0 radical (unpaired) electrons. The van der Waals surface area contributed by atoms with Crippen molar-refractivity contribution in [3.63, 3.8) is 0 Å². The molecular weight excluding hydrogens is 229 g/mol. The number of anilines is 1. The first-order valence-corrected chi connectivity index (χ1v) is 5.74. The van der Waals surface area contributed by atoms with Crippen LogP contribution in [0.2, 0.25) is 0 Å². The van der Waals surface area contributed by atoms with Crippen LogP contribution in [-0.2, 0) is 0 Å². The fraction of sp³-hybridized carbons (Fsp3) is 0.200. The molecule has 0 saturated carbocycles. The van der Waals surface area contributed by atoms with Gasteiger partial charge in [0.1, 0.15) is 11.6 Å². The summed E-state index contributed by atoms with van der Waals surface area (Å²) in [6.45, 7) is 4.01. The Morgan fingerprint density at radius 1 is 1.11 bits per heavy atom. The maximum Gasteiger partial charge on any atom is 0.146 e. The number of aryl methyl sites for hydroxylation is 1. The smallest absolute Gasteiger partial charge is 0.146 e. The van der Waals surface area contributed by atoms with Crippen LogP contribution in [0.1, 0.15) is 11.1 Å². The highest BCUT2D eigenvalue weighted by Gasteiger charge is 2.11. The predicted octanol–water partition coefficient (Wildman–Crippen LogP) is 3.70. The third kappa shape index (κ3) is 2.04. The topological polar surface area (TPSA) is 35.2 Å². The second kappa shape index (κ2) is 4.69. The molecule has 0 unspecified atom stereocenters. The molecular formula is C15H16FNO. The van der Waals surface area contributed by atoms with Gasteiger partial charge in [0.15, 0.2) is 0 Å². The largest absolute Gasteiger partial charge is 0.496 e. The van der Waals surface area contributed by atoms with Crippen molar-refractivity contribution in [1.82, 2.24) is 0 Å². The third-order valence-corrected chi connectivity index (χ3v) is 3.19. The van der Waals surface area contributed by atoms with Gasteiger partial charge in [-0.1, -0.05) is 18.2 Å². The molecule has 0 aliphatic heterocycles. The molecule has 2 N–H and O–H groups in total. The van der Waals surface area contributed by atoms with Gasteiger partial charge in [-0.25, -0.2) is 4.39 Å². The third-order valence-electron chi connectivity index (χ3n) is 3.19. The molecule has 2 aromatic carbocycles. The summed E-state index contributed by atoms with van der Waals surface area (Å²) in [5, 5.41) is 0. The van der Waals surface area contributed by atoms with Crippen LogP contribution in [0.4, 0.5) is 10.1 Å². The molecule has 3 heteroatoms. The number of rotatable bonds is 2. The summed E-state index contributed by atoms with van der Waals surface area (Å²) >= 11 is 0. The van der Waals surface area contributed by atoms with Crippen LogP contribution in [0.25, 0.3) is 11.1 Å². The fourth-order valence-electron chi connectivity index (χ4n) is 1.98.